The average molecular weight is 319 g/mol. The molecule has 124 valence electrons. The second-order valence-electron chi connectivity index (χ2n) is 7.34. The summed E-state index contributed by atoms with van der Waals surface area (Å²) in [5.41, 5.74) is 0.308. The Kier molecular flexibility index (Phi) is 3.39. The maximum Gasteiger partial charge on any atom is 0.310 e. The van der Waals surface area contributed by atoms with Gasteiger partial charge in [0, 0.05) is 6.07 Å². The van der Waals surface area contributed by atoms with Gasteiger partial charge in [0.25, 0.3) is 0 Å². The van der Waals surface area contributed by atoms with Gasteiger partial charge in [0.2, 0.25) is 0 Å². The van der Waals surface area contributed by atoms with E-state index < -0.39 is 16.3 Å². The number of fused-ring (bicyclic) bond motifs is 3. The molecule has 0 aliphatic heterocycles. The van der Waals surface area contributed by atoms with Crippen LogP contribution in [-0.2, 0) is 16.6 Å². The summed E-state index contributed by atoms with van der Waals surface area (Å²) in [6, 6.07) is 2.95. The third kappa shape index (κ3) is 2.11. The number of carboxylic acids is 1. The molecule has 3 rings (SSSR count). The molecule has 0 spiro atoms. The zero-order valence-corrected chi connectivity index (χ0v) is 13.3. The Balaban J connectivity index is 2.15. The molecular formula is C17H21NO5. The van der Waals surface area contributed by atoms with Gasteiger partial charge in [-0.15, -0.1) is 0 Å². The number of carboxylic acid groups (broad SMARTS) is 1. The van der Waals surface area contributed by atoms with E-state index in [-0.39, 0.29) is 22.8 Å². The number of aliphatic carboxylic acids is 1. The Morgan fingerprint density at radius 3 is 2.65 bits per heavy atom. The van der Waals surface area contributed by atoms with E-state index in [4.69, 9.17) is 0 Å². The lowest BCUT2D eigenvalue weighted by Gasteiger charge is -2.53. The minimum absolute atomic E-state index is 0.0328. The molecule has 23 heavy (non-hydrogen) atoms. The van der Waals surface area contributed by atoms with Crippen molar-refractivity contribution in [3.8, 4) is 5.75 Å². The predicted octanol–water partition coefficient (Wildman–Crippen LogP) is 3.40. The second kappa shape index (κ2) is 4.94. The number of phenols is 1. The minimum Gasteiger partial charge on any atom is -0.502 e. The minimum atomic E-state index is -0.790. The lowest BCUT2D eigenvalue weighted by molar-refractivity contribution is -0.386. The van der Waals surface area contributed by atoms with Gasteiger partial charge < -0.3 is 10.2 Å². The van der Waals surface area contributed by atoms with E-state index >= 15 is 0 Å². The molecule has 6 heteroatoms. The number of rotatable bonds is 2. The van der Waals surface area contributed by atoms with Crippen LogP contribution in [0.3, 0.4) is 0 Å². The number of benzene rings is 1. The highest BCUT2D eigenvalue weighted by Crippen LogP contribution is 2.58. The van der Waals surface area contributed by atoms with Crippen LogP contribution in [0.1, 0.15) is 50.7 Å². The molecule has 2 aliphatic rings. The molecule has 3 unspecified atom stereocenters. The van der Waals surface area contributed by atoms with E-state index in [1.807, 2.05) is 13.8 Å². The number of nitrogens with zero attached hydrogens (tertiary/aromatic N) is 1. The summed E-state index contributed by atoms with van der Waals surface area (Å²) < 4.78 is 0. The van der Waals surface area contributed by atoms with Crippen molar-refractivity contribution in [1.29, 1.82) is 0 Å². The highest BCUT2D eigenvalue weighted by Gasteiger charge is 2.55. The topological polar surface area (TPSA) is 101 Å². The highest BCUT2D eigenvalue weighted by molar-refractivity contribution is 5.75. The van der Waals surface area contributed by atoms with Gasteiger partial charge in [0.1, 0.15) is 0 Å². The molecule has 3 atom stereocenters. The van der Waals surface area contributed by atoms with Crippen LogP contribution < -0.4 is 0 Å². The first-order valence-corrected chi connectivity index (χ1v) is 7.94. The summed E-state index contributed by atoms with van der Waals surface area (Å²) in [6.07, 6.45) is 3.60. The molecule has 0 amide bonds. The van der Waals surface area contributed by atoms with Crippen LogP contribution in [0.2, 0.25) is 0 Å². The number of aryl methyl sites for hydroxylation is 1. The fourth-order valence-corrected chi connectivity index (χ4v) is 4.89. The molecule has 2 N–H and O–H groups in total. The van der Waals surface area contributed by atoms with Gasteiger partial charge in [-0.1, -0.05) is 13.3 Å². The van der Waals surface area contributed by atoms with Gasteiger partial charge in [-0.3, -0.25) is 14.9 Å². The number of nitro groups is 1. The van der Waals surface area contributed by atoms with E-state index in [0.717, 1.165) is 24.0 Å². The van der Waals surface area contributed by atoms with E-state index in [1.165, 1.54) is 12.1 Å². The molecule has 2 aliphatic carbocycles. The maximum absolute atomic E-state index is 11.9. The van der Waals surface area contributed by atoms with Gasteiger partial charge in [0.15, 0.2) is 5.75 Å². The molecular weight excluding hydrogens is 298 g/mol. The molecule has 0 saturated heterocycles. The smallest absolute Gasteiger partial charge is 0.310 e. The quantitative estimate of drug-likeness (QED) is 0.642. The number of carbonyl (C=O) groups is 1. The second-order valence-corrected chi connectivity index (χ2v) is 7.34. The Hall–Kier alpha value is -2.11. The molecule has 1 aromatic rings. The molecule has 0 heterocycles. The van der Waals surface area contributed by atoms with Crippen LogP contribution in [0.4, 0.5) is 5.69 Å². The molecule has 0 aromatic heterocycles. The number of hydrogen-bond acceptors (Lipinski definition) is 4. The number of nitro benzene ring substituents is 1. The van der Waals surface area contributed by atoms with Gasteiger partial charge >= 0.3 is 11.7 Å². The summed E-state index contributed by atoms with van der Waals surface area (Å²) in [7, 11) is 0. The number of hydrogen-bond donors (Lipinski definition) is 2. The summed E-state index contributed by atoms with van der Waals surface area (Å²) in [6.45, 7) is 3.86. The zero-order chi connectivity index (χ0) is 17.0. The maximum atomic E-state index is 11.9. The average Bonchev–Trinajstić information content (AvgIpc) is 2.46. The Bertz CT molecular complexity index is 700. The lowest BCUT2D eigenvalue weighted by atomic mass is 9.50. The molecule has 6 nitrogen and oxygen atoms in total. The lowest BCUT2D eigenvalue weighted by Crippen LogP contribution is -2.52. The molecule has 1 aromatic carbocycles. The first kappa shape index (κ1) is 15.8. The number of phenolic OH excluding ortho intramolecular Hbond substituents is 1. The van der Waals surface area contributed by atoms with Crippen LogP contribution >= 0.6 is 0 Å². The first-order valence-electron chi connectivity index (χ1n) is 7.94. The van der Waals surface area contributed by atoms with Crippen LogP contribution in [0.15, 0.2) is 12.1 Å². The summed E-state index contributed by atoms with van der Waals surface area (Å²) in [5.74, 6) is -1.14. The van der Waals surface area contributed by atoms with E-state index in [2.05, 4.69) is 0 Å². The normalized spacial score (nSPS) is 32.7. The van der Waals surface area contributed by atoms with Crippen molar-refractivity contribution in [2.75, 3.05) is 0 Å². The van der Waals surface area contributed by atoms with Crippen LogP contribution in [0, 0.1) is 21.4 Å². The highest BCUT2D eigenvalue weighted by atomic mass is 16.6. The monoisotopic (exact) mass is 319 g/mol. The molecule has 0 radical (unpaired) electrons. The summed E-state index contributed by atoms with van der Waals surface area (Å²) in [5, 5.41) is 30.8. The van der Waals surface area contributed by atoms with Crippen LogP contribution in [0.5, 0.6) is 5.75 Å². The van der Waals surface area contributed by atoms with Crippen molar-refractivity contribution < 1.29 is 19.9 Å². The zero-order valence-electron chi connectivity index (χ0n) is 13.3. The third-order valence-corrected chi connectivity index (χ3v) is 6.13. The largest absolute Gasteiger partial charge is 0.502 e. The molecule has 1 saturated carbocycles. The van der Waals surface area contributed by atoms with Crippen molar-refractivity contribution in [3.63, 3.8) is 0 Å². The standard InChI is InChI=1S/C17H21NO5/c1-16-6-3-7-17(2,15(20)21)14(16)5-4-10-8-12(18(22)23)13(19)9-11(10)16/h8-9,14,19H,3-7H2,1-2H3,(H,20,21). The Morgan fingerprint density at radius 1 is 1.35 bits per heavy atom. The molecule has 1 fully saturated rings. The predicted molar refractivity (Wildman–Crippen MR) is 83.5 cm³/mol. The van der Waals surface area contributed by atoms with Gasteiger partial charge in [-0.2, -0.15) is 0 Å². The van der Waals surface area contributed by atoms with E-state index in [9.17, 15) is 25.1 Å². The van der Waals surface area contributed by atoms with Crippen molar-refractivity contribution in [1.82, 2.24) is 0 Å². The SMILES string of the molecule is CC1(C(=O)O)CCCC2(C)c3cc(O)c([N+](=O)[O-])cc3CCC12. The third-order valence-electron chi connectivity index (χ3n) is 6.13. The van der Waals surface area contributed by atoms with Crippen LogP contribution in [-0.4, -0.2) is 21.1 Å². The van der Waals surface area contributed by atoms with Crippen molar-refractivity contribution in [2.24, 2.45) is 11.3 Å². The van der Waals surface area contributed by atoms with Crippen molar-refractivity contribution >= 4 is 11.7 Å². The fourth-order valence-electron chi connectivity index (χ4n) is 4.89. The number of aromatic hydroxyl groups is 1. The van der Waals surface area contributed by atoms with Gasteiger partial charge in [0.05, 0.1) is 10.3 Å². The van der Waals surface area contributed by atoms with Gasteiger partial charge in [-0.25, -0.2) is 0 Å². The summed E-state index contributed by atoms with van der Waals surface area (Å²) >= 11 is 0. The fraction of sp³-hybridized carbons (Fsp3) is 0.588. The van der Waals surface area contributed by atoms with E-state index in [1.54, 1.807) is 0 Å². The molecule has 0 bridgehead atoms. The Labute approximate surface area is 134 Å². The van der Waals surface area contributed by atoms with Gasteiger partial charge in [-0.05, 0) is 61.1 Å². The first-order chi connectivity index (χ1) is 10.7. The van der Waals surface area contributed by atoms with E-state index in [0.29, 0.717) is 19.3 Å². The van der Waals surface area contributed by atoms with Crippen molar-refractivity contribution in [2.45, 2.75) is 51.4 Å². The van der Waals surface area contributed by atoms with Crippen LogP contribution in [0.25, 0.3) is 0 Å². The summed E-state index contributed by atoms with van der Waals surface area (Å²) in [4.78, 5) is 22.3. The Morgan fingerprint density at radius 2 is 2.04 bits per heavy atom. The van der Waals surface area contributed by atoms with Crippen molar-refractivity contribution in [3.05, 3.63) is 33.4 Å².